The van der Waals surface area contributed by atoms with Crippen molar-refractivity contribution in [3.05, 3.63) is 0 Å². The van der Waals surface area contributed by atoms with Crippen molar-refractivity contribution in [2.75, 3.05) is 39.8 Å². The van der Waals surface area contributed by atoms with E-state index in [1.165, 1.54) is 12.8 Å². The summed E-state index contributed by atoms with van der Waals surface area (Å²) in [5.74, 6) is 1.05. The van der Waals surface area contributed by atoms with Crippen molar-refractivity contribution in [1.82, 2.24) is 15.1 Å². The van der Waals surface area contributed by atoms with E-state index in [0.29, 0.717) is 11.8 Å². The second kappa shape index (κ2) is 7.25. The van der Waals surface area contributed by atoms with E-state index in [2.05, 4.69) is 22.0 Å². The number of carbonyl (C=O) groups is 1. The van der Waals surface area contributed by atoms with Crippen LogP contribution in [0.2, 0.25) is 0 Å². The summed E-state index contributed by atoms with van der Waals surface area (Å²) in [6.07, 6.45) is 5.84. The van der Waals surface area contributed by atoms with E-state index >= 15 is 0 Å². The topological polar surface area (TPSA) is 35.6 Å². The number of nitrogens with zero attached hydrogens (tertiary/aromatic N) is 2. The van der Waals surface area contributed by atoms with E-state index in [4.69, 9.17) is 0 Å². The van der Waals surface area contributed by atoms with Gasteiger partial charge in [0.2, 0.25) is 5.91 Å². The van der Waals surface area contributed by atoms with Gasteiger partial charge in [0.25, 0.3) is 0 Å². The number of amides is 1. The van der Waals surface area contributed by atoms with Gasteiger partial charge in [-0.25, -0.2) is 0 Å². The number of nitrogens with one attached hydrogen (secondary N) is 1. The second-order valence-corrected chi connectivity index (χ2v) is 6.04. The first-order valence-electron chi connectivity index (χ1n) is 7.93. The molecule has 0 radical (unpaired) electrons. The molecular weight excluding hydrogens is 238 g/mol. The van der Waals surface area contributed by atoms with E-state index in [1.54, 1.807) is 0 Å². The van der Waals surface area contributed by atoms with Crippen LogP contribution < -0.4 is 5.32 Å². The molecule has 19 heavy (non-hydrogen) atoms. The molecule has 0 spiro atoms. The Labute approximate surface area is 117 Å². The summed E-state index contributed by atoms with van der Waals surface area (Å²) >= 11 is 0. The minimum atomic E-state index is 0.169. The fourth-order valence-electron chi connectivity index (χ4n) is 3.52. The standard InChI is InChI=1S/C15H29N3O/c1-3-8-17-9-5-4-6-14(17)15(19)18-10-7-13(12-18)11-16-2/h13-14,16H,3-12H2,1-2H3/t13-,14-/m1/s1. The molecule has 2 rings (SSSR count). The van der Waals surface area contributed by atoms with Gasteiger partial charge in [-0.3, -0.25) is 9.69 Å². The van der Waals surface area contributed by atoms with Crippen molar-refractivity contribution in [3.63, 3.8) is 0 Å². The van der Waals surface area contributed by atoms with Gasteiger partial charge in [-0.2, -0.15) is 0 Å². The third-order valence-electron chi connectivity index (χ3n) is 4.50. The Morgan fingerprint density at radius 1 is 1.26 bits per heavy atom. The highest BCUT2D eigenvalue weighted by atomic mass is 16.2. The summed E-state index contributed by atoms with van der Waals surface area (Å²) in [5, 5.41) is 3.23. The molecule has 0 bridgehead atoms. The predicted octanol–water partition coefficient (Wildman–Crippen LogP) is 1.32. The third-order valence-corrected chi connectivity index (χ3v) is 4.50. The summed E-state index contributed by atoms with van der Waals surface area (Å²) in [6.45, 7) is 7.34. The molecule has 2 saturated heterocycles. The number of hydrogen-bond donors (Lipinski definition) is 1. The van der Waals surface area contributed by atoms with E-state index < -0.39 is 0 Å². The second-order valence-electron chi connectivity index (χ2n) is 6.04. The van der Waals surface area contributed by atoms with Gasteiger partial charge in [-0.15, -0.1) is 0 Å². The van der Waals surface area contributed by atoms with Crippen LogP contribution in [0.25, 0.3) is 0 Å². The first-order valence-corrected chi connectivity index (χ1v) is 7.93. The van der Waals surface area contributed by atoms with E-state index in [-0.39, 0.29) is 6.04 Å². The molecule has 2 heterocycles. The number of rotatable bonds is 5. The molecule has 1 amide bonds. The maximum atomic E-state index is 12.7. The lowest BCUT2D eigenvalue weighted by Crippen LogP contribution is -2.50. The number of carbonyl (C=O) groups excluding carboxylic acids is 1. The van der Waals surface area contributed by atoms with Crippen molar-refractivity contribution >= 4 is 5.91 Å². The highest BCUT2D eigenvalue weighted by Gasteiger charge is 2.34. The SMILES string of the molecule is CCCN1CCCC[C@@H]1C(=O)N1CC[C@H](CNC)C1. The lowest BCUT2D eigenvalue weighted by Gasteiger charge is -2.36. The number of likely N-dealkylation sites (tertiary alicyclic amines) is 2. The highest BCUT2D eigenvalue weighted by Crippen LogP contribution is 2.23. The molecule has 2 fully saturated rings. The maximum Gasteiger partial charge on any atom is 0.239 e. The van der Waals surface area contributed by atoms with Crippen LogP contribution in [0.3, 0.4) is 0 Å². The number of hydrogen-bond acceptors (Lipinski definition) is 3. The molecule has 0 unspecified atom stereocenters. The molecule has 0 aromatic carbocycles. The van der Waals surface area contributed by atoms with Crippen LogP contribution in [0.1, 0.15) is 39.0 Å². The first-order chi connectivity index (χ1) is 9.26. The molecular formula is C15H29N3O. The summed E-state index contributed by atoms with van der Waals surface area (Å²) in [5.41, 5.74) is 0. The van der Waals surface area contributed by atoms with Crippen LogP contribution in [0.15, 0.2) is 0 Å². The van der Waals surface area contributed by atoms with Crippen LogP contribution in [0.5, 0.6) is 0 Å². The van der Waals surface area contributed by atoms with Gasteiger partial charge in [0.1, 0.15) is 0 Å². The minimum absolute atomic E-state index is 0.169. The Kier molecular flexibility index (Phi) is 5.64. The molecule has 0 aromatic rings. The van der Waals surface area contributed by atoms with Crippen molar-refractivity contribution in [2.24, 2.45) is 5.92 Å². The average Bonchev–Trinajstić information content (AvgIpc) is 2.88. The molecule has 0 aromatic heterocycles. The normalized spacial score (nSPS) is 28.8. The summed E-state index contributed by atoms with van der Waals surface area (Å²) in [7, 11) is 1.99. The Morgan fingerprint density at radius 2 is 2.11 bits per heavy atom. The molecule has 2 aliphatic rings. The van der Waals surface area contributed by atoms with Gasteiger partial charge in [0.05, 0.1) is 6.04 Å². The summed E-state index contributed by atoms with van der Waals surface area (Å²) < 4.78 is 0. The van der Waals surface area contributed by atoms with E-state index in [0.717, 1.165) is 52.0 Å². The quantitative estimate of drug-likeness (QED) is 0.816. The van der Waals surface area contributed by atoms with Crippen molar-refractivity contribution < 1.29 is 4.79 Å². The largest absolute Gasteiger partial charge is 0.341 e. The van der Waals surface area contributed by atoms with Gasteiger partial charge in [0, 0.05) is 13.1 Å². The zero-order chi connectivity index (χ0) is 13.7. The Hall–Kier alpha value is -0.610. The maximum absolute atomic E-state index is 12.7. The smallest absolute Gasteiger partial charge is 0.239 e. The molecule has 1 N–H and O–H groups in total. The lowest BCUT2D eigenvalue weighted by atomic mass is 10.0. The lowest BCUT2D eigenvalue weighted by molar-refractivity contribution is -0.137. The van der Waals surface area contributed by atoms with Crippen LogP contribution in [-0.4, -0.2) is 61.5 Å². The number of piperidine rings is 1. The summed E-state index contributed by atoms with van der Waals surface area (Å²) in [4.78, 5) is 17.2. The molecule has 2 aliphatic heterocycles. The van der Waals surface area contributed by atoms with Crippen molar-refractivity contribution in [3.8, 4) is 0 Å². The van der Waals surface area contributed by atoms with Crippen molar-refractivity contribution in [2.45, 2.75) is 45.1 Å². The first kappa shape index (κ1) is 14.8. The average molecular weight is 267 g/mol. The van der Waals surface area contributed by atoms with Crippen LogP contribution in [-0.2, 0) is 4.79 Å². The van der Waals surface area contributed by atoms with Gasteiger partial charge in [0.15, 0.2) is 0 Å². The molecule has 110 valence electrons. The minimum Gasteiger partial charge on any atom is -0.341 e. The molecule has 2 atom stereocenters. The zero-order valence-electron chi connectivity index (χ0n) is 12.5. The molecule has 0 saturated carbocycles. The van der Waals surface area contributed by atoms with Gasteiger partial charge in [-0.05, 0) is 58.3 Å². The van der Waals surface area contributed by atoms with E-state index in [9.17, 15) is 4.79 Å². The third kappa shape index (κ3) is 3.69. The molecule has 4 heteroatoms. The zero-order valence-corrected chi connectivity index (χ0v) is 12.5. The summed E-state index contributed by atoms with van der Waals surface area (Å²) in [6, 6.07) is 0.169. The Morgan fingerprint density at radius 3 is 2.84 bits per heavy atom. The van der Waals surface area contributed by atoms with Gasteiger partial charge >= 0.3 is 0 Å². The predicted molar refractivity (Wildman–Crippen MR) is 78.1 cm³/mol. The Balaban J connectivity index is 1.90. The van der Waals surface area contributed by atoms with Gasteiger partial charge < -0.3 is 10.2 Å². The van der Waals surface area contributed by atoms with E-state index in [1.807, 2.05) is 7.05 Å². The van der Waals surface area contributed by atoms with Gasteiger partial charge in [-0.1, -0.05) is 13.3 Å². The fourth-order valence-corrected chi connectivity index (χ4v) is 3.52. The monoisotopic (exact) mass is 267 g/mol. The van der Waals surface area contributed by atoms with Crippen LogP contribution in [0, 0.1) is 5.92 Å². The van der Waals surface area contributed by atoms with Crippen molar-refractivity contribution in [1.29, 1.82) is 0 Å². The fraction of sp³-hybridized carbons (Fsp3) is 0.933. The van der Waals surface area contributed by atoms with Crippen LogP contribution >= 0.6 is 0 Å². The Bertz CT molecular complexity index is 293. The highest BCUT2D eigenvalue weighted by molar-refractivity contribution is 5.82. The molecule has 0 aliphatic carbocycles. The van der Waals surface area contributed by atoms with Crippen LogP contribution in [0.4, 0.5) is 0 Å². The molecule has 4 nitrogen and oxygen atoms in total.